The maximum absolute atomic E-state index is 13.7. The number of benzene rings is 2. The van der Waals surface area contributed by atoms with Crippen molar-refractivity contribution in [3.05, 3.63) is 76.0 Å². The molecule has 0 unspecified atom stereocenters. The van der Waals surface area contributed by atoms with Gasteiger partial charge in [0.2, 0.25) is 0 Å². The van der Waals surface area contributed by atoms with E-state index in [1.54, 1.807) is 7.05 Å². The minimum absolute atomic E-state index is 0.0428. The van der Waals surface area contributed by atoms with Crippen LogP contribution >= 0.6 is 11.6 Å². The highest BCUT2D eigenvalue weighted by molar-refractivity contribution is 6.33. The zero-order chi connectivity index (χ0) is 24.5. The number of amides is 1. The quantitative estimate of drug-likeness (QED) is 0.327. The number of ether oxygens (including phenoxy) is 1. The number of anilines is 1. The Morgan fingerprint density at radius 1 is 1.22 bits per heavy atom. The van der Waals surface area contributed by atoms with Crippen LogP contribution in [-0.2, 0) is 26.8 Å². The van der Waals surface area contributed by atoms with E-state index in [1.165, 1.54) is 43.3 Å². The maximum Gasteiger partial charge on any atom is 0.292 e. The van der Waals surface area contributed by atoms with E-state index < -0.39 is 23.5 Å². The summed E-state index contributed by atoms with van der Waals surface area (Å²) in [6.07, 6.45) is 1.40. The van der Waals surface area contributed by atoms with Gasteiger partial charge in [-0.2, -0.15) is 0 Å². The molecule has 0 aliphatic rings. The molecular weight excluding hydrogens is 452 g/mol. The number of carbonyl (C=O) groups excluding carboxylic acids is 2. The second-order valence-corrected chi connectivity index (χ2v) is 7.20. The molecular formula is C22H23ClF4N2O3. The standard InChI is InChI=1S/C20H19ClF4N2O.C2H4O2/c1-12(10-27(3)11-14-16(22)5-4-6-17(14)23)19(28)26-18-9-13(20(2,24)25)7-8-15(18)21;1-4-2-3/h4-10H,11H2,1-3H3,(H,26,28);2H,1H3/b12-10+;. The molecule has 32 heavy (non-hydrogen) atoms. The van der Waals surface area contributed by atoms with Crippen LogP contribution in [0.5, 0.6) is 0 Å². The first-order valence-electron chi connectivity index (χ1n) is 9.17. The van der Waals surface area contributed by atoms with E-state index in [1.807, 2.05) is 0 Å². The van der Waals surface area contributed by atoms with Crippen LogP contribution in [0.3, 0.4) is 0 Å². The molecule has 0 saturated carbocycles. The third-order valence-corrected chi connectivity index (χ3v) is 4.39. The van der Waals surface area contributed by atoms with Crippen molar-refractivity contribution in [2.24, 2.45) is 0 Å². The Bertz CT molecular complexity index is 958. The van der Waals surface area contributed by atoms with Crippen LogP contribution in [0.25, 0.3) is 0 Å². The summed E-state index contributed by atoms with van der Waals surface area (Å²) in [5, 5.41) is 2.57. The summed E-state index contributed by atoms with van der Waals surface area (Å²) >= 11 is 5.97. The highest BCUT2D eigenvalue weighted by atomic mass is 35.5. The van der Waals surface area contributed by atoms with Crippen molar-refractivity contribution >= 4 is 29.7 Å². The normalized spacial score (nSPS) is 11.2. The van der Waals surface area contributed by atoms with Gasteiger partial charge in [-0.15, -0.1) is 0 Å². The Morgan fingerprint density at radius 3 is 2.28 bits per heavy atom. The molecule has 0 heterocycles. The minimum Gasteiger partial charge on any atom is -0.471 e. The fourth-order valence-corrected chi connectivity index (χ4v) is 2.65. The van der Waals surface area contributed by atoms with E-state index in [-0.39, 0.29) is 34.0 Å². The van der Waals surface area contributed by atoms with E-state index in [0.29, 0.717) is 6.47 Å². The lowest BCUT2D eigenvalue weighted by Gasteiger charge is -2.17. The fourth-order valence-electron chi connectivity index (χ4n) is 2.48. The lowest BCUT2D eigenvalue weighted by atomic mass is 10.1. The van der Waals surface area contributed by atoms with Crippen LogP contribution in [0.15, 0.2) is 48.2 Å². The van der Waals surface area contributed by atoms with E-state index >= 15 is 0 Å². The van der Waals surface area contributed by atoms with Crippen molar-refractivity contribution in [2.75, 3.05) is 19.5 Å². The topological polar surface area (TPSA) is 58.6 Å². The molecule has 0 saturated heterocycles. The predicted molar refractivity (Wildman–Crippen MR) is 114 cm³/mol. The number of halogens is 5. The Kier molecular flexibility index (Phi) is 10.2. The SMILES string of the molecule is C/C(=C\N(C)Cc1c(F)cccc1F)C(=O)Nc1cc(C(C)(F)F)ccc1Cl.COC=O. The molecule has 2 aromatic rings. The molecule has 0 aliphatic carbocycles. The van der Waals surface area contributed by atoms with Crippen molar-refractivity contribution in [3.63, 3.8) is 0 Å². The number of nitrogens with one attached hydrogen (secondary N) is 1. The van der Waals surface area contributed by atoms with Crippen molar-refractivity contribution in [2.45, 2.75) is 26.3 Å². The zero-order valence-electron chi connectivity index (χ0n) is 17.9. The van der Waals surface area contributed by atoms with Crippen LogP contribution in [0.1, 0.15) is 25.0 Å². The maximum atomic E-state index is 13.7. The van der Waals surface area contributed by atoms with Crippen LogP contribution in [0.2, 0.25) is 5.02 Å². The number of nitrogens with zero attached hydrogens (tertiary/aromatic N) is 1. The molecule has 5 nitrogen and oxygen atoms in total. The van der Waals surface area contributed by atoms with E-state index in [9.17, 15) is 22.4 Å². The third-order valence-electron chi connectivity index (χ3n) is 4.06. The van der Waals surface area contributed by atoms with Crippen molar-refractivity contribution < 1.29 is 31.9 Å². The molecule has 1 amide bonds. The molecule has 0 bridgehead atoms. The van der Waals surface area contributed by atoms with Gasteiger partial charge in [-0.3, -0.25) is 9.59 Å². The second-order valence-electron chi connectivity index (χ2n) is 6.80. The Morgan fingerprint density at radius 2 is 1.78 bits per heavy atom. The average molecular weight is 475 g/mol. The number of carbonyl (C=O) groups is 2. The minimum atomic E-state index is -3.08. The van der Waals surface area contributed by atoms with Crippen LogP contribution in [0.4, 0.5) is 23.2 Å². The Balaban J connectivity index is 0.00000118. The predicted octanol–water partition coefficient (Wildman–Crippen LogP) is 5.49. The highest BCUT2D eigenvalue weighted by Gasteiger charge is 2.25. The summed E-state index contributed by atoms with van der Waals surface area (Å²) in [5.41, 5.74) is -0.179. The first-order valence-corrected chi connectivity index (χ1v) is 9.55. The van der Waals surface area contributed by atoms with E-state index in [0.717, 1.165) is 25.1 Å². The molecule has 1 N–H and O–H groups in total. The average Bonchev–Trinajstić information content (AvgIpc) is 2.71. The lowest BCUT2D eigenvalue weighted by Crippen LogP contribution is -2.19. The lowest BCUT2D eigenvalue weighted by molar-refractivity contribution is -0.126. The van der Waals surface area contributed by atoms with Gasteiger partial charge in [-0.05, 0) is 31.2 Å². The van der Waals surface area contributed by atoms with Crippen molar-refractivity contribution in [1.29, 1.82) is 0 Å². The summed E-state index contributed by atoms with van der Waals surface area (Å²) in [6, 6.07) is 7.11. The molecule has 0 atom stereocenters. The smallest absolute Gasteiger partial charge is 0.292 e. The highest BCUT2D eigenvalue weighted by Crippen LogP contribution is 2.32. The van der Waals surface area contributed by atoms with Gasteiger partial charge < -0.3 is 15.0 Å². The van der Waals surface area contributed by atoms with Crippen LogP contribution < -0.4 is 5.32 Å². The summed E-state index contributed by atoms with van der Waals surface area (Å²) in [6.45, 7) is 2.50. The first-order chi connectivity index (χ1) is 14.9. The Hall–Kier alpha value is -3.07. The van der Waals surface area contributed by atoms with Gasteiger partial charge in [0.1, 0.15) is 11.6 Å². The Labute approximate surface area is 188 Å². The van der Waals surface area contributed by atoms with Crippen molar-refractivity contribution in [3.8, 4) is 0 Å². The molecule has 0 aliphatic heterocycles. The summed E-state index contributed by atoms with van der Waals surface area (Å²) in [4.78, 5) is 22.7. The number of alkyl halides is 2. The van der Waals surface area contributed by atoms with Gasteiger partial charge in [-0.25, -0.2) is 17.6 Å². The summed E-state index contributed by atoms with van der Waals surface area (Å²) in [5.74, 6) is -5.05. The largest absolute Gasteiger partial charge is 0.471 e. The van der Waals surface area contributed by atoms with Crippen molar-refractivity contribution in [1.82, 2.24) is 4.90 Å². The van der Waals surface area contributed by atoms with Crippen LogP contribution in [-0.4, -0.2) is 31.4 Å². The second kappa shape index (κ2) is 12.1. The first kappa shape index (κ1) is 27.0. The molecule has 2 rings (SSSR count). The number of methoxy groups -OCH3 is 1. The van der Waals surface area contributed by atoms with Gasteiger partial charge in [0, 0.05) is 43.4 Å². The summed E-state index contributed by atoms with van der Waals surface area (Å²) < 4.78 is 58.3. The molecule has 0 fully saturated rings. The number of hydrogen-bond acceptors (Lipinski definition) is 4. The van der Waals surface area contributed by atoms with Gasteiger partial charge in [-0.1, -0.05) is 23.7 Å². The molecule has 0 aromatic heterocycles. The molecule has 0 spiro atoms. The van der Waals surface area contributed by atoms with Gasteiger partial charge >= 0.3 is 0 Å². The van der Waals surface area contributed by atoms with Gasteiger partial charge in [0.25, 0.3) is 18.3 Å². The zero-order valence-corrected chi connectivity index (χ0v) is 18.6. The van der Waals surface area contributed by atoms with Crippen LogP contribution in [0, 0.1) is 11.6 Å². The summed E-state index contributed by atoms with van der Waals surface area (Å²) in [7, 11) is 2.86. The number of rotatable bonds is 7. The molecule has 0 radical (unpaired) electrons. The molecule has 10 heteroatoms. The van der Waals surface area contributed by atoms with E-state index in [4.69, 9.17) is 16.4 Å². The fraction of sp³-hybridized carbons (Fsp3) is 0.273. The monoisotopic (exact) mass is 474 g/mol. The molecule has 2 aromatic carbocycles. The van der Waals surface area contributed by atoms with Gasteiger partial charge in [0.05, 0.1) is 17.8 Å². The molecule has 174 valence electrons. The van der Waals surface area contributed by atoms with Gasteiger partial charge in [0.15, 0.2) is 0 Å². The third kappa shape index (κ3) is 8.22. The van der Waals surface area contributed by atoms with E-state index in [2.05, 4.69) is 10.1 Å². The number of hydrogen-bond donors (Lipinski definition) is 1.